The van der Waals surface area contributed by atoms with Crippen molar-refractivity contribution in [1.29, 1.82) is 0 Å². The first kappa shape index (κ1) is 17.1. The highest BCUT2D eigenvalue weighted by atomic mass is 19.1. The van der Waals surface area contributed by atoms with Crippen molar-refractivity contribution in [2.75, 3.05) is 13.1 Å². The molecule has 0 aliphatic carbocycles. The van der Waals surface area contributed by atoms with Crippen molar-refractivity contribution in [2.45, 2.75) is 40.2 Å². The predicted octanol–water partition coefficient (Wildman–Crippen LogP) is 2.51. The third kappa shape index (κ3) is 5.17. The first-order chi connectivity index (χ1) is 9.64. The Balaban J connectivity index is 2.87. The van der Waals surface area contributed by atoms with Crippen LogP contribution in [0.25, 0.3) is 0 Å². The molecule has 1 aromatic carbocycles. The van der Waals surface area contributed by atoms with Crippen molar-refractivity contribution in [3.05, 3.63) is 35.1 Å². The van der Waals surface area contributed by atoms with Gasteiger partial charge < -0.3 is 10.2 Å². The molecule has 0 aliphatic rings. The molecule has 0 aliphatic heterocycles. The van der Waals surface area contributed by atoms with Crippen LogP contribution >= 0.6 is 0 Å². The van der Waals surface area contributed by atoms with Gasteiger partial charge in [0.05, 0.1) is 12.1 Å². The topological polar surface area (TPSA) is 49.4 Å². The maximum Gasteiger partial charge on any atom is 0.257 e. The molecule has 0 unspecified atom stereocenters. The van der Waals surface area contributed by atoms with E-state index >= 15 is 0 Å². The van der Waals surface area contributed by atoms with Gasteiger partial charge in [0.2, 0.25) is 5.91 Å². The molecule has 0 spiro atoms. The lowest BCUT2D eigenvalue weighted by Crippen LogP contribution is -2.47. The van der Waals surface area contributed by atoms with Crippen molar-refractivity contribution in [3.63, 3.8) is 0 Å². The third-order valence-corrected chi connectivity index (χ3v) is 2.87. The van der Waals surface area contributed by atoms with Gasteiger partial charge in [0.15, 0.2) is 0 Å². The maximum atomic E-state index is 13.8. The molecule has 4 nitrogen and oxygen atoms in total. The minimum atomic E-state index is -0.569. The molecule has 1 rings (SSSR count). The number of benzene rings is 1. The third-order valence-electron chi connectivity index (χ3n) is 2.87. The summed E-state index contributed by atoms with van der Waals surface area (Å²) in [4.78, 5) is 25.6. The van der Waals surface area contributed by atoms with Crippen LogP contribution in [0.2, 0.25) is 0 Å². The van der Waals surface area contributed by atoms with E-state index in [1.54, 1.807) is 19.9 Å². The number of hydrogen-bond acceptors (Lipinski definition) is 2. The van der Waals surface area contributed by atoms with Crippen LogP contribution in [0.15, 0.2) is 18.2 Å². The minimum Gasteiger partial charge on any atom is -0.350 e. The Morgan fingerprint density at radius 1 is 1.29 bits per heavy atom. The van der Waals surface area contributed by atoms with Gasteiger partial charge in [0.25, 0.3) is 5.91 Å². The van der Waals surface area contributed by atoms with Crippen molar-refractivity contribution >= 4 is 11.8 Å². The molecule has 0 heterocycles. The fourth-order valence-electron chi connectivity index (χ4n) is 1.93. The maximum absolute atomic E-state index is 13.8. The molecule has 0 saturated heterocycles. The summed E-state index contributed by atoms with van der Waals surface area (Å²) in [6, 6.07) is 4.38. The summed E-state index contributed by atoms with van der Waals surface area (Å²) in [5.74, 6) is -1.30. The summed E-state index contributed by atoms with van der Waals surface area (Å²) < 4.78 is 13.8. The first-order valence-corrected chi connectivity index (χ1v) is 7.00. The number of carbonyl (C=O) groups is 2. The van der Waals surface area contributed by atoms with Gasteiger partial charge in [-0.1, -0.05) is 11.6 Å². The van der Waals surface area contributed by atoms with Crippen LogP contribution in [0.3, 0.4) is 0 Å². The van der Waals surface area contributed by atoms with Crippen LogP contribution in [0.1, 0.15) is 43.6 Å². The van der Waals surface area contributed by atoms with E-state index < -0.39 is 11.7 Å². The Kier molecular flexibility index (Phi) is 5.47. The largest absolute Gasteiger partial charge is 0.350 e. The lowest BCUT2D eigenvalue weighted by atomic mass is 10.1. The SMILES string of the molecule is CCN(CC(=O)NC(C)(C)C)C(=O)c1cc(C)ccc1F. The van der Waals surface area contributed by atoms with E-state index in [2.05, 4.69) is 5.32 Å². The van der Waals surface area contributed by atoms with E-state index in [0.29, 0.717) is 6.54 Å². The van der Waals surface area contributed by atoms with Crippen LogP contribution in [0.5, 0.6) is 0 Å². The van der Waals surface area contributed by atoms with Crippen LogP contribution in [0, 0.1) is 12.7 Å². The Hall–Kier alpha value is -1.91. The first-order valence-electron chi connectivity index (χ1n) is 7.00. The normalized spacial score (nSPS) is 11.1. The number of halogens is 1. The molecule has 0 radical (unpaired) electrons. The fourth-order valence-corrected chi connectivity index (χ4v) is 1.93. The zero-order chi connectivity index (χ0) is 16.2. The Bertz CT molecular complexity index is 536. The van der Waals surface area contributed by atoms with Crippen LogP contribution < -0.4 is 5.32 Å². The summed E-state index contributed by atoms with van der Waals surface area (Å²) in [5, 5.41) is 2.79. The van der Waals surface area contributed by atoms with Crippen molar-refractivity contribution in [3.8, 4) is 0 Å². The van der Waals surface area contributed by atoms with Crippen LogP contribution in [-0.4, -0.2) is 35.3 Å². The Morgan fingerprint density at radius 3 is 2.43 bits per heavy atom. The molecular weight excluding hydrogens is 271 g/mol. The van der Waals surface area contributed by atoms with Gasteiger partial charge in [-0.25, -0.2) is 4.39 Å². The average Bonchev–Trinajstić information content (AvgIpc) is 2.36. The summed E-state index contributed by atoms with van der Waals surface area (Å²) in [6.45, 7) is 9.40. The summed E-state index contributed by atoms with van der Waals surface area (Å²) in [5.41, 5.74) is 0.434. The highest BCUT2D eigenvalue weighted by molar-refractivity contribution is 5.97. The van der Waals surface area contributed by atoms with E-state index in [0.717, 1.165) is 5.56 Å². The zero-order valence-electron chi connectivity index (χ0n) is 13.3. The molecule has 0 aromatic heterocycles. The molecule has 116 valence electrons. The van der Waals surface area contributed by atoms with Gasteiger partial charge in [-0.3, -0.25) is 9.59 Å². The fraction of sp³-hybridized carbons (Fsp3) is 0.500. The number of hydrogen-bond donors (Lipinski definition) is 1. The lowest BCUT2D eigenvalue weighted by Gasteiger charge is -2.25. The molecule has 21 heavy (non-hydrogen) atoms. The molecule has 0 atom stereocenters. The van der Waals surface area contributed by atoms with Crippen LogP contribution in [-0.2, 0) is 4.79 Å². The number of nitrogens with zero attached hydrogens (tertiary/aromatic N) is 1. The van der Waals surface area contributed by atoms with Crippen molar-refractivity contribution < 1.29 is 14.0 Å². The smallest absolute Gasteiger partial charge is 0.257 e. The summed E-state index contributed by atoms with van der Waals surface area (Å²) >= 11 is 0. The van der Waals surface area contributed by atoms with E-state index in [9.17, 15) is 14.0 Å². The van der Waals surface area contributed by atoms with Gasteiger partial charge in [0.1, 0.15) is 5.82 Å². The molecule has 1 N–H and O–H groups in total. The van der Waals surface area contributed by atoms with Gasteiger partial charge in [-0.05, 0) is 46.8 Å². The summed E-state index contributed by atoms with van der Waals surface area (Å²) in [6.07, 6.45) is 0. The molecule has 2 amide bonds. The lowest BCUT2D eigenvalue weighted by molar-refractivity contribution is -0.123. The molecule has 0 fully saturated rings. The highest BCUT2D eigenvalue weighted by Gasteiger charge is 2.22. The molecular formula is C16H23FN2O2. The molecule has 5 heteroatoms. The number of amides is 2. The Labute approximate surface area is 125 Å². The number of carbonyl (C=O) groups excluding carboxylic acids is 2. The van der Waals surface area contributed by atoms with E-state index in [1.165, 1.54) is 17.0 Å². The van der Waals surface area contributed by atoms with Gasteiger partial charge in [-0.15, -0.1) is 0 Å². The number of likely N-dealkylation sites (N-methyl/N-ethyl adjacent to an activating group) is 1. The second-order valence-corrected chi connectivity index (χ2v) is 6.10. The monoisotopic (exact) mass is 294 g/mol. The van der Waals surface area contributed by atoms with Gasteiger partial charge in [-0.2, -0.15) is 0 Å². The van der Waals surface area contributed by atoms with Crippen molar-refractivity contribution in [1.82, 2.24) is 10.2 Å². The van der Waals surface area contributed by atoms with Crippen molar-refractivity contribution in [2.24, 2.45) is 0 Å². The zero-order valence-corrected chi connectivity index (χ0v) is 13.3. The number of nitrogens with one attached hydrogen (secondary N) is 1. The quantitative estimate of drug-likeness (QED) is 0.927. The highest BCUT2D eigenvalue weighted by Crippen LogP contribution is 2.13. The van der Waals surface area contributed by atoms with E-state index in [4.69, 9.17) is 0 Å². The van der Waals surface area contributed by atoms with E-state index in [1.807, 2.05) is 20.8 Å². The minimum absolute atomic E-state index is 0.000378. The second-order valence-electron chi connectivity index (χ2n) is 6.10. The Morgan fingerprint density at radius 2 is 1.90 bits per heavy atom. The van der Waals surface area contributed by atoms with Gasteiger partial charge >= 0.3 is 0 Å². The average molecular weight is 294 g/mol. The number of rotatable bonds is 4. The standard InChI is InChI=1S/C16H23FN2O2/c1-6-19(10-14(20)18-16(3,4)5)15(21)12-9-11(2)7-8-13(12)17/h7-9H,6,10H2,1-5H3,(H,18,20). The predicted molar refractivity (Wildman–Crippen MR) is 80.6 cm³/mol. The molecule has 0 bridgehead atoms. The second kappa shape index (κ2) is 6.70. The van der Waals surface area contributed by atoms with Gasteiger partial charge in [0, 0.05) is 12.1 Å². The number of aryl methyl sites for hydroxylation is 1. The van der Waals surface area contributed by atoms with E-state index in [-0.39, 0.29) is 23.6 Å². The summed E-state index contributed by atoms with van der Waals surface area (Å²) in [7, 11) is 0. The van der Waals surface area contributed by atoms with Crippen LogP contribution in [0.4, 0.5) is 4.39 Å². The molecule has 0 saturated carbocycles. The molecule has 1 aromatic rings.